The van der Waals surface area contributed by atoms with E-state index in [9.17, 15) is 14.0 Å². The summed E-state index contributed by atoms with van der Waals surface area (Å²) >= 11 is 8.51. The predicted molar refractivity (Wildman–Crippen MR) is 126 cm³/mol. The molecule has 33 heavy (non-hydrogen) atoms. The van der Waals surface area contributed by atoms with Crippen molar-refractivity contribution in [2.45, 2.75) is 32.0 Å². The minimum absolute atomic E-state index is 0.0677. The van der Waals surface area contributed by atoms with Gasteiger partial charge in [-0.3, -0.25) is 4.79 Å². The Kier molecular flexibility index (Phi) is 8.70. The first kappa shape index (κ1) is 25.0. The Morgan fingerprint density at radius 3 is 2.76 bits per heavy atom. The number of thiophene rings is 1. The van der Waals surface area contributed by atoms with Gasteiger partial charge in [0, 0.05) is 11.9 Å². The van der Waals surface area contributed by atoms with E-state index < -0.39 is 11.8 Å². The van der Waals surface area contributed by atoms with Gasteiger partial charge in [-0.25, -0.2) is 9.18 Å². The summed E-state index contributed by atoms with van der Waals surface area (Å²) in [6.07, 6.45) is 0.745. The van der Waals surface area contributed by atoms with Gasteiger partial charge in [-0.15, -0.1) is 21.5 Å². The number of nitrogens with zero attached hydrogens (tertiary/aromatic N) is 3. The molecule has 0 atom stereocenters. The maximum absolute atomic E-state index is 13.2. The number of amides is 1. The number of thioether (sulfide) groups is 1. The molecule has 0 saturated carbocycles. The van der Waals surface area contributed by atoms with Gasteiger partial charge in [-0.05, 0) is 37.6 Å². The first-order chi connectivity index (χ1) is 15.8. The zero-order valence-corrected chi connectivity index (χ0v) is 20.6. The van der Waals surface area contributed by atoms with Crippen molar-refractivity contribution in [3.05, 3.63) is 51.4 Å². The van der Waals surface area contributed by atoms with Crippen LogP contribution in [-0.2, 0) is 29.6 Å². The van der Waals surface area contributed by atoms with Crippen molar-refractivity contribution in [1.29, 1.82) is 0 Å². The fourth-order valence-corrected chi connectivity index (χ4v) is 4.65. The van der Waals surface area contributed by atoms with E-state index in [4.69, 9.17) is 21.1 Å². The molecule has 0 bridgehead atoms. The first-order valence-electron chi connectivity index (χ1n) is 10.0. The maximum atomic E-state index is 13.2. The van der Waals surface area contributed by atoms with E-state index in [1.807, 2.05) is 6.92 Å². The monoisotopic (exact) mass is 512 g/mol. The maximum Gasteiger partial charge on any atom is 0.341 e. The fraction of sp³-hybridized carbons (Fsp3) is 0.333. The molecular weight excluding hydrogens is 491 g/mol. The highest BCUT2D eigenvalue weighted by atomic mass is 35.5. The van der Waals surface area contributed by atoms with Crippen LogP contribution < -0.4 is 10.1 Å². The largest absolute Gasteiger partial charge is 0.484 e. The van der Waals surface area contributed by atoms with Crippen LogP contribution in [0.2, 0.25) is 5.02 Å². The van der Waals surface area contributed by atoms with Crippen LogP contribution in [0.1, 0.15) is 34.9 Å². The van der Waals surface area contributed by atoms with E-state index >= 15 is 0 Å². The third-order valence-electron chi connectivity index (χ3n) is 4.39. The lowest BCUT2D eigenvalue weighted by molar-refractivity contribution is -0.113. The average Bonchev–Trinajstić information content (AvgIpc) is 3.35. The molecule has 0 spiro atoms. The molecule has 8 nitrogen and oxygen atoms in total. The van der Waals surface area contributed by atoms with Crippen molar-refractivity contribution in [3.63, 3.8) is 0 Å². The van der Waals surface area contributed by atoms with Crippen LogP contribution in [-0.4, -0.2) is 39.0 Å². The Labute approximate surface area is 203 Å². The summed E-state index contributed by atoms with van der Waals surface area (Å²) < 4.78 is 25.5. The second-order valence-corrected chi connectivity index (χ2v) is 9.17. The lowest BCUT2D eigenvalue weighted by Crippen LogP contribution is -2.16. The van der Waals surface area contributed by atoms with Crippen molar-refractivity contribution >= 4 is 51.6 Å². The van der Waals surface area contributed by atoms with Gasteiger partial charge in [0.25, 0.3) is 0 Å². The highest BCUT2D eigenvalue weighted by Crippen LogP contribution is 2.30. The number of aromatic nitrogens is 3. The molecule has 0 unspecified atom stereocenters. The summed E-state index contributed by atoms with van der Waals surface area (Å²) in [4.78, 5) is 25.6. The molecule has 12 heteroatoms. The topological polar surface area (TPSA) is 95.3 Å². The number of ether oxygens (including phenoxy) is 2. The van der Waals surface area contributed by atoms with Crippen molar-refractivity contribution in [3.8, 4) is 5.75 Å². The van der Waals surface area contributed by atoms with Crippen molar-refractivity contribution in [2.75, 3.05) is 17.7 Å². The minimum Gasteiger partial charge on any atom is -0.484 e. The summed E-state index contributed by atoms with van der Waals surface area (Å²) in [5, 5.41) is 12.1. The number of halogens is 2. The van der Waals surface area contributed by atoms with E-state index in [-0.39, 0.29) is 29.9 Å². The second-order valence-electron chi connectivity index (χ2n) is 6.69. The number of hydrogen-bond acceptors (Lipinski definition) is 8. The molecule has 1 N–H and O–H groups in total. The Morgan fingerprint density at radius 2 is 2.06 bits per heavy atom. The number of benzene rings is 1. The second kappa shape index (κ2) is 11.5. The third-order valence-corrected chi connectivity index (χ3v) is 6.90. The molecular formula is C21H22ClFN4O4S2. The number of rotatable bonds is 10. The van der Waals surface area contributed by atoms with Gasteiger partial charge in [-0.1, -0.05) is 30.3 Å². The van der Waals surface area contributed by atoms with Crippen LogP contribution in [0.4, 0.5) is 9.39 Å². The number of nitrogens with one attached hydrogen (secondary N) is 1. The predicted octanol–water partition coefficient (Wildman–Crippen LogP) is 4.72. The van der Waals surface area contributed by atoms with Gasteiger partial charge < -0.3 is 19.4 Å². The van der Waals surface area contributed by atoms with Crippen LogP contribution in [0.5, 0.6) is 5.75 Å². The molecule has 0 aliphatic carbocycles. The van der Waals surface area contributed by atoms with E-state index in [2.05, 4.69) is 15.5 Å². The molecule has 0 radical (unpaired) electrons. The molecule has 0 saturated heterocycles. The molecule has 2 aromatic heterocycles. The molecule has 1 amide bonds. The van der Waals surface area contributed by atoms with Crippen LogP contribution in [0.25, 0.3) is 0 Å². The van der Waals surface area contributed by atoms with Gasteiger partial charge in [0.05, 0.1) is 22.9 Å². The Bertz CT molecular complexity index is 1150. The highest BCUT2D eigenvalue weighted by Gasteiger charge is 2.19. The molecule has 0 aliphatic heterocycles. The Balaban J connectivity index is 1.58. The first-order valence-corrected chi connectivity index (χ1v) is 12.2. The summed E-state index contributed by atoms with van der Waals surface area (Å²) in [5.74, 6) is -0.295. The molecule has 2 heterocycles. The Hall–Kier alpha value is -2.63. The normalized spacial score (nSPS) is 10.8. The number of anilines is 1. The van der Waals surface area contributed by atoms with E-state index in [1.165, 1.54) is 35.2 Å². The third kappa shape index (κ3) is 6.46. The Morgan fingerprint density at radius 1 is 1.27 bits per heavy atom. The minimum atomic E-state index is -0.462. The smallest absolute Gasteiger partial charge is 0.341 e. The average molecular weight is 513 g/mol. The zero-order chi connectivity index (χ0) is 24.0. The van der Waals surface area contributed by atoms with Crippen molar-refractivity contribution in [1.82, 2.24) is 14.8 Å². The highest BCUT2D eigenvalue weighted by molar-refractivity contribution is 7.99. The molecule has 176 valence electrons. The van der Waals surface area contributed by atoms with Gasteiger partial charge in [0.1, 0.15) is 23.2 Å². The lowest BCUT2D eigenvalue weighted by atomic mass is 10.2. The van der Waals surface area contributed by atoms with Crippen LogP contribution in [0, 0.1) is 5.82 Å². The summed E-state index contributed by atoms with van der Waals surface area (Å²) in [6.45, 7) is 4.03. The summed E-state index contributed by atoms with van der Waals surface area (Å²) in [7, 11) is 1.75. The summed E-state index contributed by atoms with van der Waals surface area (Å²) in [6, 6.07) is 5.60. The standard InChI is InChI=1S/C21H22ClFN4O4S2/c1-4-13-9-14(20(29)30-5-2)19(33-13)24-18(28)11-32-21-26-25-17(27(21)3)10-31-16-7-6-12(23)8-15(16)22/h6-9H,4-5,10-11H2,1-3H3,(H,24,28). The number of aryl methyl sites for hydroxylation is 1. The molecule has 0 fully saturated rings. The van der Waals surface area contributed by atoms with Crippen LogP contribution in [0.3, 0.4) is 0 Å². The van der Waals surface area contributed by atoms with Gasteiger partial charge in [0.15, 0.2) is 11.0 Å². The van der Waals surface area contributed by atoms with Crippen molar-refractivity contribution in [2.24, 2.45) is 7.05 Å². The molecule has 1 aromatic carbocycles. The van der Waals surface area contributed by atoms with E-state index in [0.717, 1.165) is 17.4 Å². The van der Waals surface area contributed by atoms with Crippen molar-refractivity contribution < 1.29 is 23.5 Å². The summed E-state index contributed by atoms with van der Waals surface area (Å²) in [5.41, 5.74) is 0.356. The fourth-order valence-electron chi connectivity index (χ4n) is 2.69. The SMILES string of the molecule is CCOC(=O)c1cc(CC)sc1NC(=O)CSc1nnc(COc2ccc(F)cc2Cl)n1C. The molecule has 0 aliphatic rings. The number of carbonyl (C=O) groups is 2. The van der Waals surface area contributed by atoms with Gasteiger partial charge in [-0.2, -0.15) is 0 Å². The van der Waals surface area contributed by atoms with E-state index in [1.54, 1.807) is 24.6 Å². The van der Waals surface area contributed by atoms with Crippen LogP contribution in [0.15, 0.2) is 29.4 Å². The number of carbonyl (C=O) groups excluding carboxylic acids is 2. The lowest BCUT2D eigenvalue weighted by Gasteiger charge is -2.08. The number of hydrogen-bond donors (Lipinski definition) is 1. The van der Waals surface area contributed by atoms with Gasteiger partial charge in [0.2, 0.25) is 5.91 Å². The van der Waals surface area contributed by atoms with Crippen LogP contribution >= 0.6 is 34.7 Å². The van der Waals surface area contributed by atoms with E-state index in [0.29, 0.717) is 27.3 Å². The number of esters is 1. The van der Waals surface area contributed by atoms with Gasteiger partial charge >= 0.3 is 5.97 Å². The zero-order valence-electron chi connectivity index (χ0n) is 18.2. The quantitative estimate of drug-likeness (QED) is 0.310. The molecule has 3 aromatic rings. The molecule has 3 rings (SSSR count).